The molecule has 0 aromatic heterocycles. The third kappa shape index (κ3) is 2.74. The molecule has 9 heavy (non-hydrogen) atoms. The van der Waals surface area contributed by atoms with E-state index in [4.69, 9.17) is 0 Å². The molecule has 0 aliphatic carbocycles. The van der Waals surface area contributed by atoms with Gasteiger partial charge < -0.3 is 9.47 Å². The Hall–Kier alpha value is -0.990. The zero-order valence-corrected chi connectivity index (χ0v) is 5.80. The standard InChI is InChI=1S/C6H10O3/c1-5(4-8-2)6(7)9-3/h4H,1-3H3/b5-4+. The molecule has 0 radical (unpaired) electrons. The predicted octanol–water partition coefficient (Wildman–Crippen LogP) is 0.710. The van der Waals surface area contributed by atoms with Crippen LogP contribution >= 0.6 is 0 Å². The summed E-state index contributed by atoms with van der Waals surface area (Å²) in [5.74, 6) is -0.364. The van der Waals surface area contributed by atoms with Crippen LogP contribution in [0.4, 0.5) is 0 Å². The molecule has 0 saturated carbocycles. The topological polar surface area (TPSA) is 35.5 Å². The summed E-state index contributed by atoms with van der Waals surface area (Å²) in [4.78, 5) is 10.5. The highest BCUT2D eigenvalue weighted by atomic mass is 16.5. The molecule has 0 amide bonds. The Morgan fingerprint density at radius 3 is 2.33 bits per heavy atom. The molecule has 0 N–H and O–H groups in total. The minimum Gasteiger partial charge on any atom is -0.504 e. The number of hydrogen-bond acceptors (Lipinski definition) is 3. The zero-order chi connectivity index (χ0) is 7.28. The molecule has 0 aliphatic rings. The van der Waals surface area contributed by atoms with Crippen molar-refractivity contribution in [2.45, 2.75) is 6.92 Å². The lowest BCUT2D eigenvalue weighted by molar-refractivity contribution is -0.136. The van der Waals surface area contributed by atoms with E-state index in [2.05, 4.69) is 9.47 Å². The molecular weight excluding hydrogens is 120 g/mol. The summed E-state index contributed by atoms with van der Waals surface area (Å²) in [6.45, 7) is 1.62. The number of methoxy groups -OCH3 is 2. The first-order chi connectivity index (χ1) is 4.22. The van der Waals surface area contributed by atoms with Gasteiger partial charge in [0.1, 0.15) is 0 Å². The number of hydrogen-bond donors (Lipinski definition) is 0. The quantitative estimate of drug-likeness (QED) is 0.314. The van der Waals surface area contributed by atoms with E-state index in [-0.39, 0.29) is 5.97 Å². The summed E-state index contributed by atoms with van der Waals surface area (Å²) < 4.78 is 8.94. The van der Waals surface area contributed by atoms with Crippen LogP contribution in [-0.4, -0.2) is 20.2 Å². The fourth-order valence-corrected chi connectivity index (χ4v) is 0.386. The molecule has 0 fully saturated rings. The molecule has 0 heterocycles. The van der Waals surface area contributed by atoms with Gasteiger partial charge in [-0.2, -0.15) is 0 Å². The van der Waals surface area contributed by atoms with E-state index < -0.39 is 0 Å². The van der Waals surface area contributed by atoms with Crippen LogP contribution in [-0.2, 0) is 14.3 Å². The predicted molar refractivity (Wildman–Crippen MR) is 32.8 cm³/mol. The summed E-state index contributed by atoms with van der Waals surface area (Å²) in [6.07, 6.45) is 1.34. The smallest absolute Gasteiger partial charge is 0.336 e. The van der Waals surface area contributed by atoms with Crippen LogP contribution in [0.15, 0.2) is 11.8 Å². The van der Waals surface area contributed by atoms with Crippen molar-refractivity contribution in [1.29, 1.82) is 0 Å². The van der Waals surface area contributed by atoms with Crippen molar-refractivity contribution in [2.75, 3.05) is 14.2 Å². The van der Waals surface area contributed by atoms with Gasteiger partial charge in [0.2, 0.25) is 0 Å². The maximum Gasteiger partial charge on any atom is 0.336 e. The van der Waals surface area contributed by atoms with E-state index in [9.17, 15) is 4.79 Å². The van der Waals surface area contributed by atoms with Crippen molar-refractivity contribution in [3.63, 3.8) is 0 Å². The molecular formula is C6H10O3. The number of esters is 1. The zero-order valence-electron chi connectivity index (χ0n) is 5.80. The Balaban J connectivity index is 3.86. The molecule has 0 rings (SSSR count). The summed E-state index contributed by atoms with van der Waals surface area (Å²) in [6, 6.07) is 0. The molecule has 0 saturated heterocycles. The van der Waals surface area contributed by atoms with Crippen molar-refractivity contribution in [3.8, 4) is 0 Å². The Bertz CT molecular complexity index is 126. The fourth-order valence-electron chi connectivity index (χ4n) is 0.386. The molecule has 0 aliphatic heterocycles. The average molecular weight is 130 g/mol. The first-order valence-corrected chi connectivity index (χ1v) is 2.50. The Morgan fingerprint density at radius 2 is 2.00 bits per heavy atom. The molecule has 0 aromatic rings. The van der Waals surface area contributed by atoms with Crippen LogP contribution in [0, 0.1) is 0 Å². The molecule has 3 nitrogen and oxygen atoms in total. The molecule has 0 unspecified atom stereocenters. The van der Waals surface area contributed by atoms with E-state index in [1.807, 2.05) is 0 Å². The maximum atomic E-state index is 10.5. The van der Waals surface area contributed by atoms with Crippen LogP contribution in [0.1, 0.15) is 6.92 Å². The van der Waals surface area contributed by atoms with Crippen molar-refractivity contribution in [1.82, 2.24) is 0 Å². The van der Waals surface area contributed by atoms with Crippen molar-refractivity contribution < 1.29 is 14.3 Å². The molecule has 52 valence electrons. The van der Waals surface area contributed by atoms with Crippen LogP contribution in [0.5, 0.6) is 0 Å². The van der Waals surface area contributed by atoms with Crippen LogP contribution < -0.4 is 0 Å². The molecule has 3 heteroatoms. The lowest BCUT2D eigenvalue weighted by Crippen LogP contribution is -2.01. The van der Waals surface area contributed by atoms with Gasteiger partial charge in [-0.1, -0.05) is 0 Å². The first-order valence-electron chi connectivity index (χ1n) is 2.50. The highest BCUT2D eigenvalue weighted by Gasteiger charge is 2.00. The van der Waals surface area contributed by atoms with Gasteiger partial charge in [-0.3, -0.25) is 0 Å². The highest BCUT2D eigenvalue weighted by molar-refractivity contribution is 5.87. The van der Waals surface area contributed by atoms with E-state index >= 15 is 0 Å². The number of carbonyl (C=O) groups excluding carboxylic acids is 1. The van der Waals surface area contributed by atoms with E-state index in [1.165, 1.54) is 20.5 Å². The third-order valence-electron chi connectivity index (χ3n) is 0.802. The van der Waals surface area contributed by atoms with Crippen molar-refractivity contribution in [3.05, 3.63) is 11.8 Å². The maximum absolute atomic E-state index is 10.5. The monoisotopic (exact) mass is 130 g/mol. The number of ether oxygens (including phenoxy) is 2. The average Bonchev–Trinajstić information content (AvgIpc) is 1.87. The van der Waals surface area contributed by atoms with Gasteiger partial charge in [-0.05, 0) is 6.92 Å². The van der Waals surface area contributed by atoms with E-state index in [0.717, 1.165) is 0 Å². The number of carbonyl (C=O) groups is 1. The Morgan fingerprint density at radius 1 is 1.44 bits per heavy atom. The summed E-state index contributed by atoms with van der Waals surface area (Å²) in [7, 11) is 2.81. The van der Waals surface area contributed by atoms with Crippen LogP contribution in [0.25, 0.3) is 0 Å². The van der Waals surface area contributed by atoms with Gasteiger partial charge in [0.15, 0.2) is 0 Å². The van der Waals surface area contributed by atoms with E-state index in [0.29, 0.717) is 5.57 Å². The minimum atomic E-state index is -0.364. The summed E-state index contributed by atoms with van der Waals surface area (Å²) in [5.41, 5.74) is 0.458. The van der Waals surface area contributed by atoms with E-state index in [1.54, 1.807) is 6.92 Å². The van der Waals surface area contributed by atoms with Gasteiger partial charge in [0.25, 0.3) is 0 Å². The van der Waals surface area contributed by atoms with Gasteiger partial charge in [0, 0.05) is 0 Å². The molecule has 0 bridgehead atoms. The second-order valence-electron chi connectivity index (χ2n) is 1.53. The first kappa shape index (κ1) is 8.01. The van der Waals surface area contributed by atoms with Crippen molar-refractivity contribution >= 4 is 5.97 Å². The second kappa shape index (κ2) is 3.95. The van der Waals surface area contributed by atoms with Crippen LogP contribution in [0.3, 0.4) is 0 Å². The summed E-state index contributed by atoms with van der Waals surface area (Å²) >= 11 is 0. The summed E-state index contributed by atoms with van der Waals surface area (Å²) in [5, 5.41) is 0. The van der Waals surface area contributed by atoms with Gasteiger partial charge >= 0.3 is 5.97 Å². The molecule has 0 aromatic carbocycles. The minimum absolute atomic E-state index is 0.364. The molecule has 0 atom stereocenters. The normalized spacial score (nSPS) is 10.8. The fraction of sp³-hybridized carbons (Fsp3) is 0.500. The van der Waals surface area contributed by atoms with Gasteiger partial charge in [0.05, 0.1) is 26.1 Å². The highest BCUT2D eigenvalue weighted by Crippen LogP contribution is 1.93. The van der Waals surface area contributed by atoms with Gasteiger partial charge in [-0.15, -0.1) is 0 Å². The second-order valence-corrected chi connectivity index (χ2v) is 1.53. The number of rotatable bonds is 2. The lowest BCUT2D eigenvalue weighted by atomic mass is 10.3. The van der Waals surface area contributed by atoms with Crippen LogP contribution in [0.2, 0.25) is 0 Å². The third-order valence-corrected chi connectivity index (χ3v) is 0.802. The SMILES string of the molecule is CO/C=C(\C)C(=O)OC. The van der Waals surface area contributed by atoms with Crippen molar-refractivity contribution in [2.24, 2.45) is 0 Å². The van der Waals surface area contributed by atoms with Gasteiger partial charge in [-0.25, -0.2) is 4.79 Å². The Labute approximate surface area is 54.3 Å². The lowest BCUT2D eigenvalue weighted by Gasteiger charge is -1.95. The molecule has 0 spiro atoms. The Kier molecular flexibility index (Phi) is 3.51. The largest absolute Gasteiger partial charge is 0.504 e.